The molecule has 0 aliphatic rings. The fourth-order valence-corrected chi connectivity index (χ4v) is 1.53. The maximum atomic E-state index is 4.23. The van der Waals surface area contributed by atoms with Gasteiger partial charge >= 0.3 is 0 Å². The lowest BCUT2D eigenvalue weighted by Crippen LogP contribution is -1.86. The molecule has 0 aliphatic carbocycles. The Morgan fingerprint density at radius 3 is 3.00 bits per heavy atom. The van der Waals surface area contributed by atoms with Gasteiger partial charge in [0.15, 0.2) is 0 Å². The van der Waals surface area contributed by atoms with Crippen LogP contribution in [0.2, 0.25) is 0 Å². The van der Waals surface area contributed by atoms with E-state index in [9.17, 15) is 0 Å². The van der Waals surface area contributed by atoms with Gasteiger partial charge in [0.25, 0.3) is 0 Å². The third kappa shape index (κ3) is 2.86. The quantitative estimate of drug-likeness (QED) is 0.662. The molecule has 12 heavy (non-hydrogen) atoms. The second-order valence-electron chi connectivity index (χ2n) is 2.81. The molecule has 0 aliphatic heterocycles. The summed E-state index contributed by atoms with van der Waals surface area (Å²) in [6, 6.07) is 4.29. The van der Waals surface area contributed by atoms with Crippen molar-refractivity contribution in [2.75, 3.05) is 6.26 Å². The molecule has 1 nitrogen and oxygen atoms in total. The van der Waals surface area contributed by atoms with Gasteiger partial charge in [0.05, 0.1) is 5.03 Å². The average Bonchev–Trinajstić information content (AvgIpc) is 2.15. The van der Waals surface area contributed by atoms with Gasteiger partial charge in [-0.3, -0.25) is 0 Å². The van der Waals surface area contributed by atoms with E-state index in [1.54, 1.807) is 11.8 Å². The Kier molecular flexibility index (Phi) is 4.15. The molecular weight excluding hydrogens is 166 g/mol. The first-order chi connectivity index (χ1) is 5.86. The van der Waals surface area contributed by atoms with Crippen molar-refractivity contribution in [2.45, 2.75) is 31.2 Å². The van der Waals surface area contributed by atoms with Crippen LogP contribution in [0.1, 0.15) is 25.3 Å². The summed E-state index contributed by atoms with van der Waals surface area (Å²) in [6.45, 7) is 2.22. The Hall–Kier alpha value is -0.500. The smallest absolute Gasteiger partial charge is 0.0959 e. The van der Waals surface area contributed by atoms with E-state index in [-0.39, 0.29) is 0 Å². The molecule has 0 spiro atoms. The molecule has 0 amide bonds. The van der Waals surface area contributed by atoms with Crippen LogP contribution in [0.4, 0.5) is 0 Å². The number of aromatic nitrogens is 1. The topological polar surface area (TPSA) is 12.9 Å². The van der Waals surface area contributed by atoms with E-state index < -0.39 is 0 Å². The highest BCUT2D eigenvalue weighted by atomic mass is 32.2. The molecule has 0 N–H and O–H groups in total. The minimum Gasteiger partial charge on any atom is -0.250 e. The molecule has 0 aromatic carbocycles. The fourth-order valence-electron chi connectivity index (χ4n) is 1.10. The lowest BCUT2D eigenvalue weighted by molar-refractivity contribution is 0.791. The monoisotopic (exact) mass is 181 g/mol. The zero-order chi connectivity index (χ0) is 8.81. The van der Waals surface area contributed by atoms with Crippen molar-refractivity contribution in [1.82, 2.24) is 4.98 Å². The molecule has 0 saturated carbocycles. The van der Waals surface area contributed by atoms with Gasteiger partial charge in [-0.05, 0) is 36.8 Å². The molecule has 0 atom stereocenters. The van der Waals surface area contributed by atoms with E-state index >= 15 is 0 Å². The maximum absolute atomic E-state index is 4.23. The van der Waals surface area contributed by atoms with Gasteiger partial charge in [0.1, 0.15) is 0 Å². The molecule has 1 heterocycles. The summed E-state index contributed by atoms with van der Waals surface area (Å²) in [5.74, 6) is 0. The van der Waals surface area contributed by atoms with Crippen LogP contribution in [0, 0.1) is 0 Å². The van der Waals surface area contributed by atoms with Gasteiger partial charge in [-0.2, -0.15) is 0 Å². The van der Waals surface area contributed by atoms with Gasteiger partial charge in [0, 0.05) is 6.20 Å². The standard InChI is InChI=1S/C10H15NS/c1-3-4-5-9-6-7-11-10(8-9)12-2/h6-8H,3-5H2,1-2H3. The number of hydrogen-bond donors (Lipinski definition) is 0. The number of nitrogens with zero attached hydrogens (tertiary/aromatic N) is 1. The number of pyridine rings is 1. The number of unbranched alkanes of at least 4 members (excludes halogenated alkanes) is 1. The van der Waals surface area contributed by atoms with Crippen molar-refractivity contribution >= 4 is 11.8 Å². The summed E-state index contributed by atoms with van der Waals surface area (Å²) in [6.07, 6.45) is 7.68. The SMILES string of the molecule is CCCCc1ccnc(SC)c1. The minimum atomic E-state index is 1.13. The van der Waals surface area contributed by atoms with E-state index in [0.717, 1.165) is 5.03 Å². The lowest BCUT2D eigenvalue weighted by atomic mass is 10.1. The largest absolute Gasteiger partial charge is 0.250 e. The number of thioether (sulfide) groups is 1. The van der Waals surface area contributed by atoms with Gasteiger partial charge in [-0.15, -0.1) is 11.8 Å². The van der Waals surface area contributed by atoms with Gasteiger partial charge < -0.3 is 0 Å². The molecule has 1 aromatic heterocycles. The van der Waals surface area contributed by atoms with Crippen molar-refractivity contribution in [3.63, 3.8) is 0 Å². The van der Waals surface area contributed by atoms with Crippen molar-refractivity contribution in [2.24, 2.45) is 0 Å². The highest BCUT2D eigenvalue weighted by Gasteiger charge is 1.94. The first kappa shape index (κ1) is 9.59. The summed E-state index contributed by atoms with van der Waals surface area (Å²) in [5.41, 5.74) is 1.41. The summed E-state index contributed by atoms with van der Waals surface area (Å²) in [5, 5.41) is 1.13. The van der Waals surface area contributed by atoms with Crippen LogP contribution in [0.15, 0.2) is 23.4 Å². The Labute approximate surface area is 78.6 Å². The van der Waals surface area contributed by atoms with E-state index in [0.29, 0.717) is 0 Å². The van der Waals surface area contributed by atoms with Crippen LogP contribution < -0.4 is 0 Å². The van der Waals surface area contributed by atoms with Crippen LogP contribution in [0.3, 0.4) is 0 Å². The summed E-state index contributed by atoms with van der Waals surface area (Å²) in [4.78, 5) is 4.23. The summed E-state index contributed by atoms with van der Waals surface area (Å²) < 4.78 is 0. The van der Waals surface area contributed by atoms with Crippen LogP contribution in [0.5, 0.6) is 0 Å². The Morgan fingerprint density at radius 2 is 2.33 bits per heavy atom. The zero-order valence-corrected chi connectivity index (χ0v) is 8.53. The van der Waals surface area contributed by atoms with E-state index in [1.807, 2.05) is 6.20 Å². The predicted molar refractivity (Wildman–Crippen MR) is 54.6 cm³/mol. The molecule has 66 valence electrons. The van der Waals surface area contributed by atoms with E-state index in [1.165, 1.54) is 24.8 Å². The molecule has 0 bridgehead atoms. The van der Waals surface area contributed by atoms with Crippen LogP contribution in [0.25, 0.3) is 0 Å². The Bertz CT molecular complexity index is 235. The molecule has 1 aromatic rings. The third-order valence-corrected chi connectivity index (χ3v) is 2.47. The lowest BCUT2D eigenvalue weighted by Gasteiger charge is -2.00. The molecule has 1 rings (SSSR count). The van der Waals surface area contributed by atoms with Crippen molar-refractivity contribution in [1.29, 1.82) is 0 Å². The minimum absolute atomic E-state index is 1.13. The Balaban J connectivity index is 2.60. The van der Waals surface area contributed by atoms with Gasteiger partial charge in [-0.1, -0.05) is 13.3 Å². The van der Waals surface area contributed by atoms with E-state index in [4.69, 9.17) is 0 Å². The zero-order valence-electron chi connectivity index (χ0n) is 7.71. The third-order valence-electron chi connectivity index (χ3n) is 1.83. The maximum Gasteiger partial charge on any atom is 0.0959 e. The normalized spacial score (nSPS) is 10.2. The second kappa shape index (κ2) is 5.20. The van der Waals surface area contributed by atoms with Crippen molar-refractivity contribution in [3.05, 3.63) is 23.9 Å². The average molecular weight is 181 g/mol. The van der Waals surface area contributed by atoms with E-state index in [2.05, 4.69) is 30.3 Å². The van der Waals surface area contributed by atoms with Gasteiger partial charge in [0.2, 0.25) is 0 Å². The molecule has 2 heteroatoms. The fraction of sp³-hybridized carbons (Fsp3) is 0.500. The summed E-state index contributed by atoms with van der Waals surface area (Å²) in [7, 11) is 0. The van der Waals surface area contributed by atoms with Crippen molar-refractivity contribution in [3.8, 4) is 0 Å². The highest BCUT2D eigenvalue weighted by Crippen LogP contribution is 2.13. The Morgan fingerprint density at radius 1 is 1.50 bits per heavy atom. The van der Waals surface area contributed by atoms with Crippen LogP contribution in [-0.4, -0.2) is 11.2 Å². The first-order valence-corrected chi connectivity index (χ1v) is 5.58. The first-order valence-electron chi connectivity index (χ1n) is 4.35. The van der Waals surface area contributed by atoms with Gasteiger partial charge in [-0.25, -0.2) is 4.98 Å². The predicted octanol–water partition coefficient (Wildman–Crippen LogP) is 3.15. The van der Waals surface area contributed by atoms with Crippen molar-refractivity contribution < 1.29 is 0 Å². The number of aryl methyl sites for hydroxylation is 1. The van der Waals surface area contributed by atoms with Crippen LogP contribution >= 0.6 is 11.8 Å². The highest BCUT2D eigenvalue weighted by molar-refractivity contribution is 7.98. The molecule has 0 unspecified atom stereocenters. The molecule has 0 radical (unpaired) electrons. The second-order valence-corrected chi connectivity index (χ2v) is 3.64. The molecule has 0 saturated heterocycles. The number of hydrogen-bond acceptors (Lipinski definition) is 2. The number of rotatable bonds is 4. The molecule has 0 fully saturated rings. The summed E-state index contributed by atoms with van der Waals surface area (Å²) >= 11 is 1.71. The molecular formula is C10H15NS. The van der Waals surface area contributed by atoms with Crippen LogP contribution in [-0.2, 0) is 6.42 Å².